The zero-order chi connectivity index (χ0) is 20.2. The highest BCUT2D eigenvalue weighted by molar-refractivity contribution is 7.15. The number of aromatic nitrogens is 3. The van der Waals surface area contributed by atoms with Crippen molar-refractivity contribution in [2.24, 2.45) is 0 Å². The zero-order valence-corrected chi connectivity index (χ0v) is 17.3. The van der Waals surface area contributed by atoms with Crippen molar-refractivity contribution >= 4 is 39.8 Å². The highest BCUT2D eigenvalue weighted by Gasteiger charge is 2.13. The van der Waals surface area contributed by atoms with Crippen LogP contribution in [-0.4, -0.2) is 27.1 Å². The van der Waals surface area contributed by atoms with Gasteiger partial charge in [-0.1, -0.05) is 49.2 Å². The van der Waals surface area contributed by atoms with Crippen LogP contribution in [0.15, 0.2) is 53.9 Å². The highest BCUT2D eigenvalue weighted by atomic mass is 35.5. The summed E-state index contributed by atoms with van der Waals surface area (Å²) in [5.74, 6) is 0.594. The molecular formula is C21H19ClN4O2S. The molecule has 4 aromatic rings. The van der Waals surface area contributed by atoms with Gasteiger partial charge in [-0.05, 0) is 36.2 Å². The standard InChI is InChI=1S/C21H19ClN4O2S/c1-2-3-14-4-10-17(11-5-14)28-12-19(27)23-20-24-21-26(25-20)18(13-29-21)15-6-8-16(22)9-7-15/h4-11,13H,2-3,12H2,1H3,(H,23,25,27). The Kier molecular flexibility index (Phi) is 5.78. The van der Waals surface area contributed by atoms with Crippen molar-refractivity contribution < 1.29 is 9.53 Å². The summed E-state index contributed by atoms with van der Waals surface area (Å²) in [6.45, 7) is 2.03. The van der Waals surface area contributed by atoms with Crippen molar-refractivity contribution in [3.05, 3.63) is 64.5 Å². The Hall–Kier alpha value is -2.90. The van der Waals surface area contributed by atoms with E-state index in [9.17, 15) is 4.79 Å². The van der Waals surface area contributed by atoms with Gasteiger partial charge in [-0.15, -0.1) is 16.4 Å². The molecule has 0 aliphatic rings. The summed E-state index contributed by atoms with van der Waals surface area (Å²) < 4.78 is 7.25. The predicted octanol–water partition coefficient (Wildman–Crippen LogP) is 5.08. The second kappa shape index (κ2) is 8.63. The van der Waals surface area contributed by atoms with Gasteiger partial charge in [0.15, 0.2) is 6.61 Å². The van der Waals surface area contributed by atoms with Gasteiger partial charge in [-0.2, -0.15) is 4.98 Å². The third-order valence-corrected chi connectivity index (χ3v) is 5.37. The number of rotatable bonds is 7. The van der Waals surface area contributed by atoms with E-state index >= 15 is 0 Å². The van der Waals surface area contributed by atoms with E-state index in [0.29, 0.717) is 15.7 Å². The number of anilines is 1. The molecule has 0 spiro atoms. The van der Waals surface area contributed by atoms with Crippen LogP contribution >= 0.6 is 22.9 Å². The molecule has 1 N–H and O–H groups in total. The maximum Gasteiger partial charge on any atom is 0.264 e. The first-order chi connectivity index (χ1) is 14.1. The summed E-state index contributed by atoms with van der Waals surface area (Å²) in [5.41, 5.74) is 3.11. The molecule has 1 amide bonds. The van der Waals surface area contributed by atoms with E-state index in [2.05, 4.69) is 22.3 Å². The van der Waals surface area contributed by atoms with E-state index in [1.165, 1.54) is 16.9 Å². The number of aryl methyl sites for hydroxylation is 1. The average molecular weight is 427 g/mol. The fraction of sp³-hybridized carbons (Fsp3) is 0.190. The molecule has 2 aromatic carbocycles. The lowest BCUT2D eigenvalue weighted by atomic mass is 10.1. The summed E-state index contributed by atoms with van der Waals surface area (Å²) in [6, 6.07) is 15.3. The van der Waals surface area contributed by atoms with Crippen LogP contribution in [-0.2, 0) is 11.2 Å². The number of amides is 1. The van der Waals surface area contributed by atoms with Crippen molar-refractivity contribution in [3.8, 4) is 17.0 Å². The molecule has 0 saturated heterocycles. The molecule has 0 unspecified atom stereocenters. The smallest absolute Gasteiger partial charge is 0.264 e. The van der Waals surface area contributed by atoms with Gasteiger partial charge < -0.3 is 4.74 Å². The highest BCUT2D eigenvalue weighted by Crippen LogP contribution is 2.27. The third kappa shape index (κ3) is 4.58. The number of benzene rings is 2. The van der Waals surface area contributed by atoms with Crippen molar-refractivity contribution in [3.63, 3.8) is 0 Å². The molecule has 2 aromatic heterocycles. The quantitative estimate of drug-likeness (QED) is 0.447. The molecule has 0 aliphatic heterocycles. The van der Waals surface area contributed by atoms with Crippen LogP contribution < -0.4 is 10.1 Å². The minimum atomic E-state index is -0.311. The Morgan fingerprint density at radius 1 is 1.17 bits per heavy atom. The molecule has 0 atom stereocenters. The Bertz CT molecular complexity index is 1120. The van der Waals surface area contributed by atoms with Gasteiger partial charge in [0.1, 0.15) is 5.75 Å². The minimum Gasteiger partial charge on any atom is -0.484 e. The maximum atomic E-state index is 12.2. The first kappa shape index (κ1) is 19.4. The molecule has 4 rings (SSSR count). The number of thiazole rings is 1. The Balaban J connectivity index is 1.40. The van der Waals surface area contributed by atoms with E-state index in [0.717, 1.165) is 24.1 Å². The maximum absolute atomic E-state index is 12.2. The predicted molar refractivity (Wildman–Crippen MR) is 116 cm³/mol. The monoisotopic (exact) mass is 426 g/mol. The van der Waals surface area contributed by atoms with Gasteiger partial charge in [0, 0.05) is 16.0 Å². The minimum absolute atomic E-state index is 0.107. The largest absolute Gasteiger partial charge is 0.484 e. The number of ether oxygens (including phenoxy) is 1. The van der Waals surface area contributed by atoms with Crippen LogP contribution in [0.2, 0.25) is 5.02 Å². The fourth-order valence-electron chi connectivity index (χ4n) is 2.90. The van der Waals surface area contributed by atoms with Crippen LogP contribution in [0.4, 0.5) is 5.95 Å². The molecule has 0 radical (unpaired) electrons. The van der Waals surface area contributed by atoms with E-state index in [4.69, 9.17) is 16.3 Å². The zero-order valence-electron chi connectivity index (χ0n) is 15.8. The normalized spacial score (nSPS) is 11.0. The van der Waals surface area contributed by atoms with Gasteiger partial charge >= 0.3 is 0 Å². The van der Waals surface area contributed by atoms with Crippen LogP contribution in [0.5, 0.6) is 5.75 Å². The van der Waals surface area contributed by atoms with Crippen LogP contribution in [0, 0.1) is 0 Å². The van der Waals surface area contributed by atoms with Gasteiger partial charge in [-0.25, -0.2) is 4.52 Å². The lowest BCUT2D eigenvalue weighted by Crippen LogP contribution is -2.21. The second-order valence-electron chi connectivity index (χ2n) is 6.49. The van der Waals surface area contributed by atoms with Crippen molar-refractivity contribution in [2.75, 3.05) is 11.9 Å². The SMILES string of the molecule is CCCc1ccc(OCC(=O)Nc2nc3scc(-c4ccc(Cl)cc4)n3n2)cc1. The van der Waals surface area contributed by atoms with E-state index in [1.807, 2.05) is 53.9 Å². The molecule has 0 bridgehead atoms. The average Bonchev–Trinajstić information content (AvgIpc) is 3.29. The summed E-state index contributed by atoms with van der Waals surface area (Å²) in [6.07, 6.45) is 2.12. The van der Waals surface area contributed by atoms with Crippen molar-refractivity contribution in [1.29, 1.82) is 0 Å². The van der Waals surface area contributed by atoms with Gasteiger partial charge in [0.25, 0.3) is 11.9 Å². The Morgan fingerprint density at radius 2 is 1.93 bits per heavy atom. The first-order valence-electron chi connectivity index (χ1n) is 9.24. The number of hydrogen-bond donors (Lipinski definition) is 1. The van der Waals surface area contributed by atoms with Crippen molar-refractivity contribution in [1.82, 2.24) is 14.6 Å². The number of nitrogens with one attached hydrogen (secondary N) is 1. The van der Waals surface area contributed by atoms with Crippen LogP contribution in [0.25, 0.3) is 16.2 Å². The molecule has 2 heterocycles. The number of fused-ring (bicyclic) bond motifs is 1. The van der Waals surface area contributed by atoms with E-state index in [1.54, 1.807) is 4.52 Å². The van der Waals surface area contributed by atoms with E-state index < -0.39 is 0 Å². The summed E-state index contributed by atoms with van der Waals surface area (Å²) in [4.78, 5) is 17.3. The number of carbonyl (C=O) groups is 1. The van der Waals surface area contributed by atoms with Gasteiger partial charge in [0.2, 0.25) is 4.96 Å². The van der Waals surface area contributed by atoms with Crippen LogP contribution in [0.3, 0.4) is 0 Å². The number of halogens is 1. The third-order valence-electron chi connectivity index (χ3n) is 4.30. The van der Waals surface area contributed by atoms with Crippen LogP contribution in [0.1, 0.15) is 18.9 Å². The topological polar surface area (TPSA) is 68.5 Å². The number of hydrogen-bond acceptors (Lipinski definition) is 5. The first-order valence-corrected chi connectivity index (χ1v) is 10.5. The summed E-state index contributed by atoms with van der Waals surface area (Å²) >= 11 is 7.41. The van der Waals surface area contributed by atoms with E-state index in [-0.39, 0.29) is 18.5 Å². The van der Waals surface area contributed by atoms with Crippen molar-refractivity contribution in [2.45, 2.75) is 19.8 Å². The summed E-state index contributed by atoms with van der Waals surface area (Å²) in [5, 5.41) is 9.72. The second-order valence-corrected chi connectivity index (χ2v) is 7.76. The molecule has 0 saturated carbocycles. The number of carbonyl (C=O) groups excluding carboxylic acids is 1. The molecule has 29 heavy (non-hydrogen) atoms. The fourth-order valence-corrected chi connectivity index (χ4v) is 3.86. The molecule has 6 nitrogen and oxygen atoms in total. The van der Waals surface area contributed by atoms with Gasteiger partial charge in [-0.3, -0.25) is 10.1 Å². The molecule has 0 aliphatic carbocycles. The van der Waals surface area contributed by atoms with Gasteiger partial charge in [0.05, 0.1) is 5.69 Å². The molecular weight excluding hydrogens is 408 g/mol. The lowest BCUT2D eigenvalue weighted by molar-refractivity contribution is -0.118. The Labute approximate surface area is 177 Å². The molecule has 148 valence electrons. The summed E-state index contributed by atoms with van der Waals surface area (Å²) in [7, 11) is 0. The Morgan fingerprint density at radius 3 is 2.66 bits per heavy atom. The molecule has 8 heteroatoms. The number of nitrogens with zero attached hydrogens (tertiary/aromatic N) is 3. The lowest BCUT2D eigenvalue weighted by Gasteiger charge is -2.06. The molecule has 0 fully saturated rings.